The predicted octanol–water partition coefficient (Wildman–Crippen LogP) is 1.51. The Morgan fingerprint density at radius 1 is 1.36 bits per heavy atom. The van der Waals surface area contributed by atoms with E-state index in [4.69, 9.17) is 0 Å². The Bertz CT molecular complexity index is 695. The van der Waals surface area contributed by atoms with Gasteiger partial charge in [-0.05, 0) is 30.9 Å². The molecule has 1 aliphatic carbocycles. The maximum atomic E-state index is 13.9. The van der Waals surface area contributed by atoms with Crippen LogP contribution in [0, 0.1) is 17.6 Å². The number of nitrogens with zero attached hydrogens (tertiary/aromatic N) is 1. The number of carbonyl (C=O) groups excluding carboxylic acids is 2. The van der Waals surface area contributed by atoms with Crippen molar-refractivity contribution in [3.8, 4) is 0 Å². The number of carbonyl (C=O) groups is 3. The molecule has 1 aliphatic rings. The van der Waals surface area contributed by atoms with Gasteiger partial charge in [-0.25, -0.2) is 13.6 Å². The fourth-order valence-corrected chi connectivity index (χ4v) is 2.81. The summed E-state index contributed by atoms with van der Waals surface area (Å²) in [5, 5.41) is 11.7. The lowest BCUT2D eigenvalue weighted by Crippen LogP contribution is -2.47. The number of carboxylic acids is 1. The van der Waals surface area contributed by atoms with Crippen LogP contribution in [0.3, 0.4) is 0 Å². The van der Waals surface area contributed by atoms with Crippen molar-refractivity contribution in [1.29, 1.82) is 0 Å². The summed E-state index contributed by atoms with van der Waals surface area (Å²) in [7, 11) is 0. The summed E-state index contributed by atoms with van der Waals surface area (Å²) >= 11 is 0. The first-order chi connectivity index (χ1) is 11.7. The Morgan fingerprint density at radius 3 is 2.60 bits per heavy atom. The molecule has 1 fully saturated rings. The molecule has 2 rings (SSSR count). The summed E-state index contributed by atoms with van der Waals surface area (Å²) in [6.45, 7) is 2.87. The number of aliphatic carboxylic acids is 1. The fraction of sp³-hybridized carbons (Fsp3) is 0.471. The van der Waals surface area contributed by atoms with Gasteiger partial charge in [0.05, 0.1) is 0 Å². The lowest BCUT2D eigenvalue weighted by atomic mass is 10.1. The molecule has 8 heteroatoms. The van der Waals surface area contributed by atoms with Gasteiger partial charge in [0.2, 0.25) is 11.8 Å². The van der Waals surface area contributed by atoms with Crippen molar-refractivity contribution in [3.05, 3.63) is 35.4 Å². The fourth-order valence-electron chi connectivity index (χ4n) is 2.81. The van der Waals surface area contributed by atoms with Gasteiger partial charge in [-0.15, -0.1) is 0 Å². The topological polar surface area (TPSA) is 86.7 Å². The van der Waals surface area contributed by atoms with E-state index < -0.39 is 41.4 Å². The van der Waals surface area contributed by atoms with Gasteiger partial charge in [-0.2, -0.15) is 0 Å². The number of hydrogen-bond acceptors (Lipinski definition) is 3. The van der Waals surface area contributed by atoms with Crippen LogP contribution in [-0.4, -0.2) is 46.9 Å². The molecule has 3 unspecified atom stereocenters. The summed E-state index contributed by atoms with van der Waals surface area (Å²) in [6.07, 6.45) is 0.379. The minimum atomic E-state index is -1.17. The smallest absolute Gasteiger partial charge is 0.326 e. The molecule has 1 aromatic rings. The van der Waals surface area contributed by atoms with E-state index >= 15 is 0 Å². The standard InChI is InChI=1S/C17H20F2N2O4/c1-9(17(24)25)21(6-5-20-10(2)22)16(23)14-8-13(14)12-4-3-11(18)7-15(12)19/h3-4,7,9,13-14H,5-6,8H2,1-2H3,(H,20,22)(H,24,25). The number of benzene rings is 1. The second kappa shape index (κ2) is 7.58. The Hall–Kier alpha value is -2.51. The number of rotatable bonds is 7. The second-order valence-corrected chi connectivity index (χ2v) is 6.14. The molecular weight excluding hydrogens is 334 g/mol. The van der Waals surface area contributed by atoms with Gasteiger partial charge in [-0.1, -0.05) is 6.07 Å². The highest BCUT2D eigenvalue weighted by molar-refractivity contribution is 5.87. The highest BCUT2D eigenvalue weighted by Crippen LogP contribution is 2.49. The van der Waals surface area contributed by atoms with Crippen LogP contribution in [0.1, 0.15) is 31.7 Å². The SMILES string of the molecule is CC(=O)NCCN(C(=O)C1CC1c1ccc(F)cc1F)C(C)C(=O)O. The molecule has 0 saturated heterocycles. The largest absolute Gasteiger partial charge is 0.480 e. The van der Waals surface area contributed by atoms with Gasteiger partial charge in [0.1, 0.15) is 17.7 Å². The third kappa shape index (κ3) is 4.52. The van der Waals surface area contributed by atoms with E-state index in [1.165, 1.54) is 24.8 Å². The third-order valence-electron chi connectivity index (χ3n) is 4.30. The summed E-state index contributed by atoms with van der Waals surface area (Å²) < 4.78 is 26.9. The maximum absolute atomic E-state index is 13.9. The Morgan fingerprint density at radius 2 is 2.04 bits per heavy atom. The number of amides is 2. The summed E-state index contributed by atoms with van der Waals surface area (Å²) in [5.41, 5.74) is 0.254. The van der Waals surface area contributed by atoms with Crippen LogP contribution in [0.2, 0.25) is 0 Å². The zero-order valence-corrected chi connectivity index (χ0v) is 14.0. The van der Waals surface area contributed by atoms with Crippen molar-refractivity contribution in [3.63, 3.8) is 0 Å². The van der Waals surface area contributed by atoms with Gasteiger partial charge in [-0.3, -0.25) is 9.59 Å². The Labute approximate surface area is 143 Å². The lowest BCUT2D eigenvalue weighted by molar-refractivity contribution is -0.150. The van der Waals surface area contributed by atoms with Gasteiger partial charge < -0.3 is 15.3 Å². The van der Waals surface area contributed by atoms with Crippen molar-refractivity contribution < 1.29 is 28.3 Å². The van der Waals surface area contributed by atoms with Crippen molar-refractivity contribution in [2.75, 3.05) is 13.1 Å². The van der Waals surface area contributed by atoms with Gasteiger partial charge >= 0.3 is 5.97 Å². The average molecular weight is 354 g/mol. The van der Waals surface area contributed by atoms with Crippen molar-refractivity contribution in [2.24, 2.45) is 5.92 Å². The van der Waals surface area contributed by atoms with Crippen LogP contribution in [0.4, 0.5) is 8.78 Å². The van der Waals surface area contributed by atoms with Crippen molar-refractivity contribution >= 4 is 17.8 Å². The highest BCUT2D eigenvalue weighted by atomic mass is 19.1. The molecule has 0 heterocycles. The van der Waals surface area contributed by atoms with E-state index in [0.29, 0.717) is 6.42 Å². The molecule has 3 atom stereocenters. The zero-order chi connectivity index (χ0) is 18.7. The summed E-state index contributed by atoms with van der Waals surface area (Å²) in [4.78, 5) is 36.0. The van der Waals surface area contributed by atoms with E-state index in [2.05, 4.69) is 5.32 Å². The number of carboxylic acid groups (broad SMARTS) is 1. The second-order valence-electron chi connectivity index (χ2n) is 6.14. The molecule has 2 amide bonds. The van der Waals surface area contributed by atoms with Crippen LogP contribution < -0.4 is 5.32 Å². The van der Waals surface area contributed by atoms with Crippen molar-refractivity contribution in [1.82, 2.24) is 10.2 Å². The Balaban J connectivity index is 2.09. The molecule has 1 saturated carbocycles. The van der Waals surface area contributed by atoms with E-state index in [1.54, 1.807) is 0 Å². The third-order valence-corrected chi connectivity index (χ3v) is 4.30. The molecular formula is C17H20F2N2O4. The Kier molecular flexibility index (Phi) is 5.71. The lowest BCUT2D eigenvalue weighted by Gasteiger charge is -2.27. The minimum absolute atomic E-state index is 0.0427. The van der Waals surface area contributed by atoms with E-state index in [9.17, 15) is 28.3 Å². The maximum Gasteiger partial charge on any atom is 0.326 e. The molecule has 25 heavy (non-hydrogen) atoms. The number of halogens is 2. The monoisotopic (exact) mass is 354 g/mol. The van der Waals surface area contributed by atoms with Crippen LogP contribution in [0.5, 0.6) is 0 Å². The summed E-state index contributed by atoms with van der Waals surface area (Å²) in [5.74, 6) is -4.20. The molecule has 0 aromatic heterocycles. The predicted molar refractivity (Wildman–Crippen MR) is 84.7 cm³/mol. The van der Waals surface area contributed by atoms with Crippen LogP contribution in [0.25, 0.3) is 0 Å². The summed E-state index contributed by atoms with van der Waals surface area (Å²) in [6, 6.07) is 2.14. The van der Waals surface area contributed by atoms with E-state index in [1.807, 2.05) is 0 Å². The van der Waals surface area contributed by atoms with Crippen molar-refractivity contribution in [2.45, 2.75) is 32.2 Å². The van der Waals surface area contributed by atoms with Gasteiger partial charge in [0.25, 0.3) is 0 Å². The van der Waals surface area contributed by atoms with Crippen LogP contribution in [-0.2, 0) is 14.4 Å². The number of nitrogens with one attached hydrogen (secondary N) is 1. The first kappa shape index (κ1) is 18.8. The normalized spacial score (nSPS) is 19.8. The molecule has 2 N–H and O–H groups in total. The molecule has 1 aromatic carbocycles. The highest BCUT2D eigenvalue weighted by Gasteiger charge is 2.48. The van der Waals surface area contributed by atoms with E-state index in [0.717, 1.165) is 12.1 Å². The first-order valence-electron chi connectivity index (χ1n) is 7.95. The zero-order valence-electron chi connectivity index (χ0n) is 14.0. The van der Waals surface area contributed by atoms with Gasteiger partial charge in [0.15, 0.2) is 0 Å². The molecule has 6 nitrogen and oxygen atoms in total. The van der Waals surface area contributed by atoms with E-state index in [-0.39, 0.29) is 24.6 Å². The molecule has 136 valence electrons. The molecule has 0 radical (unpaired) electrons. The molecule has 0 aliphatic heterocycles. The number of hydrogen-bond donors (Lipinski definition) is 2. The van der Waals surface area contributed by atoms with Crippen LogP contribution >= 0.6 is 0 Å². The minimum Gasteiger partial charge on any atom is -0.480 e. The molecule has 0 bridgehead atoms. The molecule has 0 spiro atoms. The van der Waals surface area contributed by atoms with Gasteiger partial charge in [0, 0.05) is 32.0 Å². The average Bonchev–Trinajstić information content (AvgIpc) is 3.30. The first-order valence-corrected chi connectivity index (χ1v) is 7.95. The quantitative estimate of drug-likeness (QED) is 0.777. The van der Waals surface area contributed by atoms with Crippen LogP contribution in [0.15, 0.2) is 18.2 Å².